The molecule has 0 radical (unpaired) electrons. The highest BCUT2D eigenvalue weighted by Gasteiger charge is 2.25. The molecule has 2 N–H and O–H groups in total. The van der Waals surface area contributed by atoms with Crippen LogP contribution in [0.15, 0.2) is 23.1 Å². The zero-order valence-electron chi connectivity index (χ0n) is 15.9. The number of rotatable bonds is 10. The van der Waals surface area contributed by atoms with E-state index >= 15 is 0 Å². The Labute approximate surface area is 160 Å². The summed E-state index contributed by atoms with van der Waals surface area (Å²) in [5.41, 5.74) is 0.123. The topological polar surface area (TPSA) is 106 Å². The van der Waals surface area contributed by atoms with E-state index in [-0.39, 0.29) is 10.6 Å². The van der Waals surface area contributed by atoms with Gasteiger partial charge in [-0.3, -0.25) is 10.1 Å². The van der Waals surface area contributed by atoms with E-state index in [4.69, 9.17) is 4.74 Å². The van der Waals surface area contributed by atoms with E-state index in [2.05, 4.69) is 5.32 Å². The minimum Gasteiger partial charge on any atom is -0.379 e. The summed E-state index contributed by atoms with van der Waals surface area (Å²) in [5.74, 6) is 0. The van der Waals surface area contributed by atoms with Gasteiger partial charge < -0.3 is 15.0 Å². The number of nitrogens with zero attached hydrogens (tertiary/aromatic N) is 2. The van der Waals surface area contributed by atoms with Crippen LogP contribution < -0.4 is 10.2 Å². The van der Waals surface area contributed by atoms with Crippen molar-refractivity contribution in [2.45, 2.75) is 25.2 Å². The van der Waals surface area contributed by atoms with Crippen molar-refractivity contribution in [2.24, 2.45) is 0 Å². The highest BCUT2D eigenvalue weighted by atomic mass is 32.2. The number of quaternary nitrogens is 1. The van der Waals surface area contributed by atoms with Crippen LogP contribution in [0, 0.1) is 10.1 Å². The fourth-order valence-electron chi connectivity index (χ4n) is 3.16. The maximum atomic E-state index is 12.6. The molecule has 9 nitrogen and oxygen atoms in total. The van der Waals surface area contributed by atoms with Gasteiger partial charge in [0.2, 0.25) is 10.0 Å². The predicted molar refractivity (Wildman–Crippen MR) is 103 cm³/mol. The van der Waals surface area contributed by atoms with Crippen molar-refractivity contribution in [3.63, 3.8) is 0 Å². The molecule has 0 saturated carbocycles. The molecule has 1 aromatic carbocycles. The van der Waals surface area contributed by atoms with Gasteiger partial charge in [0.1, 0.15) is 18.8 Å². The van der Waals surface area contributed by atoms with Gasteiger partial charge in [-0.1, -0.05) is 13.8 Å². The predicted octanol–water partition coefficient (Wildman–Crippen LogP) is 0.342. The van der Waals surface area contributed by atoms with Crippen molar-refractivity contribution < 1.29 is 23.0 Å². The van der Waals surface area contributed by atoms with Crippen LogP contribution in [0.3, 0.4) is 0 Å². The number of hydrogen-bond donors (Lipinski definition) is 2. The molecule has 0 bridgehead atoms. The van der Waals surface area contributed by atoms with Crippen LogP contribution >= 0.6 is 0 Å². The van der Waals surface area contributed by atoms with E-state index in [0.29, 0.717) is 25.3 Å². The van der Waals surface area contributed by atoms with Crippen LogP contribution in [-0.4, -0.2) is 70.1 Å². The molecule has 27 heavy (non-hydrogen) atoms. The van der Waals surface area contributed by atoms with E-state index in [0.717, 1.165) is 45.3 Å². The molecule has 0 atom stereocenters. The quantitative estimate of drug-likeness (QED) is 0.333. The third kappa shape index (κ3) is 5.61. The Morgan fingerprint density at radius 2 is 1.93 bits per heavy atom. The zero-order valence-corrected chi connectivity index (χ0v) is 16.8. The summed E-state index contributed by atoms with van der Waals surface area (Å²) in [7, 11) is -3.73. The fraction of sp³-hybridized carbons (Fsp3) is 0.647. The first-order valence-corrected chi connectivity index (χ1v) is 10.8. The minimum absolute atomic E-state index is 0.0544. The molecule has 0 unspecified atom stereocenters. The number of sulfonamides is 1. The molecule has 0 aromatic heterocycles. The molecule has 1 aromatic rings. The van der Waals surface area contributed by atoms with Crippen LogP contribution in [0.2, 0.25) is 0 Å². The van der Waals surface area contributed by atoms with Crippen LogP contribution in [0.5, 0.6) is 0 Å². The molecule has 0 aliphatic carbocycles. The molecular formula is C17H29N4O5S+. The van der Waals surface area contributed by atoms with E-state index in [1.54, 1.807) is 13.8 Å². The van der Waals surface area contributed by atoms with Gasteiger partial charge >= 0.3 is 0 Å². The lowest BCUT2D eigenvalue weighted by atomic mass is 10.2. The van der Waals surface area contributed by atoms with Gasteiger partial charge in [0, 0.05) is 32.1 Å². The van der Waals surface area contributed by atoms with Crippen LogP contribution in [0.25, 0.3) is 0 Å². The SMILES string of the molecule is CCN(CC)S(=O)(=O)c1ccc(NCCC[NH+]2CCOCC2)c([N+](=O)[O-])c1. The van der Waals surface area contributed by atoms with Gasteiger partial charge in [0.05, 0.1) is 29.6 Å². The Morgan fingerprint density at radius 3 is 2.52 bits per heavy atom. The molecule has 1 heterocycles. The highest BCUT2D eigenvalue weighted by molar-refractivity contribution is 7.89. The minimum atomic E-state index is -3.73. The monoisotopic (exact) mass is 401 g/mol. The van der Waals surface area contributed by atoms with Crippen molar-refractivity contribution in [2.75, 3.05) is 57.8 Å². The summed E-state index contributed by atoms with van der Waals surface area (Å²) in [6.45, 7) is 9.19. The molecule has 0 amide bonds. The number of nitro groups is 1. The summed E-state index contributed by atoms with van der Waals surface area (Å²) in [6, 6.07) is 4.05. The lowest BCUT2D eigenvalue weighted by molar-refractivity contribution is -0.908. The first-order valence-electron chi connectivity index (χ1n) is 9.34. The Balaban J connectivity index is 2.05. The van der Waals surface area contributed by atoms with Crippen LogP contribution in [0.1, 0.15) is 20.3 Å². The molecule has 1 aliphatic rings. The lowest BCUT2D eigenvalue weighted by Crippen LogP contribution is -3.14. The Bertz CT molecular complexity index is 731. The van der Waals surface area contributed by atoms with Gasteiger partial charge in [-0.15, -0.1) is 0 Å². The van der Waals surface area contributed by atoms with Crippen LogP contribution in [0.4, 0.5) is 11.4 Å². The number of benzene rings is 1. The van der Waals surface area contributed by atoms with E-state index in [9.17, 15) is 18.5 Å². The van der Waals surface area contributed by atoms with Crippen molar-refractivity contribution in [3.8, 4) is 0 Å². The summed E-state index contributed by atoms with van der Waals surface area (Å²) in [6.07, 6.45) is 0.867. The van der Waals surface area contributed by atoms with Crippen molar-refractivity contribution >= 4 is 21.4 Å². The van der Waals surface area contributed by atoms with Crippen molar-refractivity contribution in [1.82, 2.24) is 4.31 Å². The normalized spacial score (nSPS) is 15.8. The van der Waals surface area contributed by atoms with Crippen LogP contribution in [-0.2, 0) is 14.8 Å². The maximum absolute atomic E-state index is 12.6. The van der Waals surface area contributed by atoms with E-state index < -0.39 is 14.9 Å². The Kier molecular flexibility index (Phi) is 7.96. The van der Waals surface area contributed by atoms with E-state index in [1.165, 1.54) is 21.3 Å². The van der Waals surface area contributed by atoms with Gasteiger partial charge in [0.15, 0.2) is 0 Å². The van der Waals surface area contributed by atoms with Crippen molar-refractivity contribution in [3.05, 3.63) is 28.3 Å². The highest BCUT2D eigenvalue weighted by Crippen LogP contribution is 2.28. The summed E-state index contributed by atoms with van der Waals surface area (Å²) in [4.78, 5) is 12.3. The third-order valence-corrected chi connectivity index (χ3v) is 6.78. The summed E-state index contributed by atoms with van der Waals surface area (Å²) in [5, 5.41) is 14.5. The second-order valence-corrected chi connectivity index (χ2v) is 8.36. The zero-order chi connectivity index (χ0) is 19.9. The second kappa shape index (κ2) is 9.98. The second-order valence-electron chi connectivity index (χ2n) is 6.42. The molecule has 1 saturated heterocycles. The molecule has 152 valence electrons. The summed E-state index contributed by atoms with van der Waals surface area (Å²) >= 11 is 0. The molecule has 1 aliphatic heterocycles. The first kappa shape index (κ1) is 21.5. The first-order chi connectivity index (χ1) is 12.9. The van der Waals surface area contributed by atoms with Gasteiger partial charge in [-0.05, 0) is 12.1 Å². The molecule has 10 heteroatoms. The fourth-order valence-corrected chi connectivity index (χ4v) is 4.64. The Morgan fingerprint density at radius 1 is 1.26 bits per heavy atom. The Hall–Kier alpha value is -1.75. The van der Waals surface area contributed by atoms with Gasteiger partial charge in [-0.2, -0.15) is 4.31 Å². The van der Waals surface area contributed by atoms with Crippen molar-refractivity contribution in [1.29, 1.82) is 0 Å². The average Bonchev–Trinajstić information content (AvgIpc) is 2.66. The number of anilines is 1. The molecular weight excluding hydrogens is 372 g/mol. The number of nitrogens with one attached hydrogen (secondary N) is 2. The van der Waals surface area contributed by atoms with E-state index in [1.807, 2.05) is 0 Å². The molecule has 1 fully saturated rings. The standard InChI is InChI=1S/C17H28N4O5S/c1-3-20(4-2)27(24,25)15-6-7-16(17(14-15)21(22)23)18-8-5-9-19-10-12-26-13-11-19/h6-7,14,18H,3-5,8-13H2,1-2H3/p+1. The number of nitro benzene ring substituents is 1. The number of morpholine rings is 1. The van der Waals surface area contributed by atoms with Gasteiger partial charge in [0.25, 0.3) is 5.69 Å². The maximum Gasteiger partial charge on any atom is 0.293 e. The smallest absolute Gasteiger partial charge is 0.293 e. The number of ether oxygens (including phenoxy) is 1. The van der Waals surface area contributed by atoms with Gasteiger partial charge in [-0.25, -0.2) is 8.42 Å². The number of hydrogen-bond acceptors (Lipinski definition) is 6. The summed E-state index contributed by atoms with van der Waals surface area (Å²) < 4.78 is 31.8. The average molecular weight is 402 g/mol. The largest absolute Gasteiger partial charge is 0.379 e. The molecule has 0 spiro atoms. The lowest BCUT2D eigenvalue weighted by Gasteiger charge is -2.23. The molecule has 2 rings (SSSR count). The third-order valence-electron chi connectivity index (χ3n) is 4.73.